The van der Waals surface area contributed by atoms with Crippen molar-refractivity contribution in [1.29, 1.82) is 0 Å². The summed E-state index contributed by atoms with van der Waals surface area (Å²) in [6.07, 6.45) is 1.16. The third kappa shape index (κ3) is 3.20. The van der Waals surface area contributed by atoms with Crippen molar-refractivity contribution in [1.82, 2.24) is 24.5 Å². The third-order valence-corrected chi connectivity index (χ3v) is 5.49. The van der Waals surface area contributed by atoms with E-state index in [2.05, 4.69) is 31.0 Å². The van der Waals surface area contributed by atoms with Gasteiger partial charge in [-0.15, -0.1) is 0 Å². The van der Waals surface area contributed by atoms with Crippen LogP contribution in [0.5, 0.6) is 0 Å². The van der Waals surface area contributed by atoms with E-state index >= 15 is 0 Å². The van der Waals surface area contributed by atoms with E-state index in [4.69, 9.17) is 16.3 Å². The van der Waals surface area contributed by atoms with Crippen molar-refractivity contribution in [2.75, 3.05) is 19.7 Å². The molecule has 1 aliphatic rings. The Balaban J connectivity index is 1.62. The summed E-state index contributed by atoms with van der Waals surface area (Å²) < 4.78 is 8.33. The number of halogens is 2. The van der Waals surface area contributed by atoms with E-state index < -0.39 is 0 Å². The fraction of sp³-hybridized carbons (Fsp3) is 0.294. The highest BCUT2D eigenvalue weighted by Crippen LogP contribution is 2.26. The highest BCUT2D eigenvalue weighted by molar-refractivity contribution is 9.10. The van der Waals surface area contributed by atoms with E-state index in [0.717, 1.165) is 15.9 Å². The van der Waals surface area contributed by atoms with Gasteiger partial charge in [0.1, 0.15) is 12.4 Å². The second kappa shape index (κ2) is 6.94. The Bertz CT molecular complexity index is 992. The van der Waals surface area contributed by atoms with Crippen LogP contribution in [-0.4, -0.2) is 50.1 Å². The molecule has 0 N–H and O–H groups in total. The molecular formula is C17H15BrClN5O2. The average molecular weight is 437 g/mol. The number of fused-ring (bicyclic) bond motifs is 1. The molecule has 3 aromatic rings. The van der Waals surface area contributed by atoms with Crippen molar-refractivity contribution in [3.8, 4) is 0 Å². The zero-order valence-corrected chi connectivity index (χ0v) is 16.2. The van der Waals surface area contributed by atoms with Crippen molar-refractivity contribution in [3.63, 3.8) is 0 Å². The lowest BCUT2D eigenvalue weighted by atomic mass is 10.1. The minimum Gasteiger partial charge on any atom is -0.368 e. The summed E-state index contributed by atoms with van der Waals surface area (Å²) in [6.45, 7) is 3.28. The number of amides is 1. The lowest BCUT2D eigenvalue weighted by molar-refractivity contribution is -0.0257. The molecule has 7 nitrogen and oxygen atoms in total. The second-order valence-electron chi connectivity index (χ2n) is 6.03. The lowest BCUT2D eigenvalue weighted by Gasteiger charge is -2.33. The molecule has 0 saturated carbocycles. The van der Waals surface area contributed by atoms with E-state index in [1.807, 2.05) is 13.0 Å². The van der Waals surface area contributed by atoms with Crippen molar-refractivity contribution in [3.05, 3.63) is 57.0 Å². The number of hydrogen-bond acceptors (Lipinski definition) is 5. The summed E-state index contributed by atoms with van der Waals surface area (Å²) in [6, 6.07) is 7.12. The van der Waals surface area contributed by atoms with Crippen LogP contribution in [0, 0.1) is 6.92 Å². The molecule has 26 heavy (non-hydrogen) atoms. The number of nitrogens with zero attached hydrogens (tertiary/aromatic N) is 5. The van der Waals surface area contributed by atoms with Crippen LogP contribution in [0.15, 0.2) is 35.1 Å². The quantitative estimate of drug-likeness (QED) is 0.617. The zero-order chi connectivity index (χ0) is 18.3. The maximum Gasteiger partial charge on any atom is 0.254 e. The summed E-state index contributed by atoms with van der Waals surface area (Å²) in [7, 11) is 0. The standard InChI is InChI=1S/C17H15BrClN5O2/c1-10-6-14(24-17(22-10)20-9-21-24)15-8-23(4-5-26-15)16(25)11-2-3-12(18)13(19)7-11/h2-3,6-7,9,15H,4-5,8H2,1H3/t15-/m0/s1. The molecule has 1 aliphatic heterocycles. The largest absolute Gasteiger partial charge is 0.368 e. The fourth-order valence-electron chi connectivity index (χ4n) is 3.01. The molecule has 1 aromatic carbocycles. The summed E-state index contributed by atoms with van der Waals surface area (Å²) in [5.41, 5.74) is 2.21. The van der Waals surface area contributed by atoms with Crippen LogP contribution in [0.1, 0.15) is 27.8 Å². The van der Waals surface area contributed by atoms with Gasteiger partial charge in [-0.05, 0) is 47.1 Å². The molecule has 0 bridgehead atoms. The molecule has 1 atom stereocenters. The Morgan fingerprint density at radius 3 is 3.04 bits per heavy atom. The predicted octanol–water partition coefficient (Wildman–Crippen LogP) is 3.06. The minimum atomic E-state index is -0.301. The van der Waals surface area contributed by atoms with Crippen molar-refractivity contribution in [2.24, 2.45) is 0 Å². The number of morpholine rings is 1. The van der Waals surface area contributed by atoms with Gasteiger partial charge in [0, 0.05) is 22.3 Å². The van der Waals surface area contributed by atoms with Gasteiger partial charge in [-0.2, -0.15) is 14.6 Å². The molecule has 0 unspecified atom stereocenters. The summed E-state index contributed by atoms with van der Waals surface area (Å²) >= 11 is 9.47. The van der Waals surface area contributed by atoms with Crippen molar-refractivity contribution >= 4 is 39.2 Å². The van der Waals surface area contributed by atoms with Gasteiger partial charge in [-0.1, -0.05) is 11.6 Å². The lowest BCUT2D eigenvalue weighted by Crippen LogP contribution is -2.42. The van der Waals surface area contributed by atoms with E-state index in [9.17, 15) is 4.79 Å². The number of carbonyl (C=O) groups is 1. The minimum absolute atomic E-state index is 0.0756. The number of carbonyl (C=O) groups excluding carboxylic acids is 1. The van der Waals surface area contributed by atoms with Crippen LogP contribution in [0.25, 0.3) is 5.78 Å². The first-order valence-corrected chi connectivity index (χ1v) is 9.23. The number of benzene rings is 1. The monoisotopic (exact) mass is 435 g/mol. The molecule has 4 rings (SSSR count). The summed E-state index contributed by atoms with van der Waals surface area (Å²) in [5.74, 6) is 0.444. The molecule has 0 aliphatic carbocycles. The van der Waals surface area contributed by atoms with Crippen LogP contribution in [0.3, 0.4) is 0 Å². The number of rotatable bonds is 2. The maximum absolute atomic E-state index is 12.9. The molecule has 3 heterocycles. The van der Waals surface area contributed by atoms with E-state index in [1.54, 1.807) is 27.6 Å². The first-order chi connectivity index (χ1) is 12.5. The Kier molecular flexibility index (Phi) is 4.64. The Hall–Kier alpha value is -2.03. The second-order valence-corrected chi connectivity index (χ2v) is 7.30. The molecule has 0 radical (unpaired) electrons. The van der Waals surface area contributed by atoms with Crippen LogP contribution in [0.2, 0.25) is 5.02 Å². The molecule has 1 saturated heterocycles. The molecule has 9 heteroatoms. The number of aromatic nitrogens is 4. The molecule has 134 valence electrons. The van der Waals surface area contributed by atoms with Crippen LogP contribution < -0.4 is 0 Å². The smallest absolute Gasteiger partial charge is 0.254 e. The number of ether oxygens (including phenoxy) is 1. The van der Waals surface area contributed by atoms with Crippen LogP contribution >= 0.6 is 27.5 Å². The topological polar surface area (TPSA) is 72.6 Å². The SMILES string of the molecule is Cc1cc([C@@H]2CN(C(=O)c3ccc(Br)c(Cl)c3)CCO2)n2ncnc2n1. The molecule has 1 amide bonds. The third-order valence-electron chi connectivity index (χ3n) is 4.26. The van der Waals surface area contributed by atoms with Gasteiger partial charge in [0.2, 0.25) is 0 Å². The Morgan fingerprint density at radius 2 is 2.23 bits per heavy atom. The predicted molar refractivity (Wildman–Crippen MR) is 99.3 cm³/mol. The molecular weight excluding hydrogens is 422 g/mol. The molecule has 2 aromatic heterocycles. The van der Waals surface area contributed by atoms with Gasteiger partial charge < -0.3 is 9.64 Å². The van der Waals surface area contributed by atoms with E-state index in [-0.39, 0.29) is 12.0 Å². The van der Waals surface area contributed by atoms with Gasteiger partial charge in [0.15, 0.2) is 0 Å². The zero-order valence-electron chi connectivity index (χ0n) is 13.9. The normalized spacial score (nSPS) is 17.7. The van der Waals surface area contributed by atoms with Gasteiger partial charge in [0.05, 0.1) is 23.9 Å². The van der Waals surface area contributed by atoms with Gasteiger partial charge in [0.25, 0.3) is 11.7 Å². The highest BCUT2D eigenvalue weighted by atomic mass is 79.9. The maximum atomic E-state index is 12.9. The van der Waals surface area contributed by atoms with Crippen LogP contribution in [0.4, 0.5) is 0 Å². The first kappa shape index (κ1) is 17.4. The Morgan fingerprint density at radius 1 is 1.38 bits per heavy atom. The Labute approximate surface area is 163 Å². The highest BCUT2D eigenvalue weighted by Gasteiger charge is 2.28. The molecule has 0 spiro atoms. The van der Waals surface area contributed by atoms with Gasteiger partial charge in [-0.25, -0.2) is 4.98 Å². The van der Waals surface area contributed by atoms with Crippen LogP contribution in [-0.2, 0) is 4.74 Å². The number of aryl methyl sites for hydroxylation is 1. The summed E-state index contributed by atoms with van der Waals surface area (Å²) in [5, 5.41) is 4.73. The molecule has 1 fully saturated rings. The van der Waals surface area contributed by atoms with Crippen molar-refractivity contribution < 1.29 is 9.53 Å². The average Bonchev–Trinajstić information content (AvgIpc) is 3.11. The van der Waals surface area contributed by atoms with E-state index in [0.29, 0.717) is 36.1 Å². The van der Waals surface area contributed by atoms with Gasteiger partial charge >= 0.3 is 0 Å². The summed E-state index contributed by atoms with van der Waals surface area (Å²) in [4.78, 5) is 23.1. The fourth-order valence-corrected chi connectivity index (χ4v) is 3.44. The van der Waals surface area contributed by atoms with Crippen molar-refractivity contribution in [2.45, 2.75) is 13.0 Å². The van der Waals surface area contributed by atoms with E-state index in [1.165, 1.54) is 6.33 Å². The number of hydrogen-bond donors (Lipinski definition) is 0. The van der Waals surface area contributed by atoms with Gasteiger partial charge in [-0.3, -0.25) is 4.79 Å². The first-order valence-electron chi connectivity index (χ1n) is 8.06.